The number of rotatable bonds is 19. The Labute approximate surface area is 382 Å². The molecular formula is C47H72F3N5O8S. The highest BCUT2D eigenvalue weighted by molar-refractivity contribution is 8.01. The average molecular weight is 924 g/mol. The molecule has 2 rings (SSSR count). The van der Waals surface area contributed by atoms with Crippen LogP contribution in [0, 0.1) is 22.7 Å². The number of carboxylic acids is 1. The van der Waals surface area contributed by atoms with Crippen LogP contribution in [-0.4, -0.2) is 124 Å². The first-order valence-electron chi connectivity index (χ1n) is 21.6. The van der Waals surface area contributed by atoms with E-state index in [9.17, 15) is 47.0 Å². The van der Waals surface area contributed by atoms with Gasteiger partial charge in [-0.25, -0.2) is 9.59 Å². The number of carbonyl (C=O) groups is 6. The van der Waals surface area contributed by atoms with E-state index in [-0.39, 0.29) is 47.8 Å². The summed E-state index contributed by atoms with van der Waals surface area (Å²) in [5, 5.41) is 14.6. The minimum atomic E-state index is -5.25. The Morgan fingerprint density at radius 3 is 1.88 bits per heavy atom. The van der Waals surface area contributed by atoms with Crippen LogP contribution in [0.4, 0.5) is 13.2 Å². The molecule has 3 N–H and O–H groups in total. The summed E-state index contributed by atoms with van der Waals surface area (Å²) in [5.74, 6) is -6.46. The fourth-order valence-electron chi connectivity index (χ4n) is 8.08. The van der Waals surface area contributed by atoms with Crippen molar-refractivity contribution < 1.29 is 51.8 Å². The highest BCUT2D eigenvalue weighted by atomic mass is 32.2. The number of halogens is 3. The molecule has 1 aliphatic heterocycles. The van der Waals surface area contributed by atoms with Crippen LogP contribution < -0.4 is 10.6 Å². The Morgan fingerprint density at radius 1 is 0.875 bits per heavy atom. The number of hydrogen-bond acceptors (Lipinski definition) is 9. The van der Waals surface area contributed by atoms with Crippen LogP contribution >= 0.6 is 11.8 Å². The molecule has 64 heavy (non-hydrogen) atoms. The maximum atomic E-state index is 14.9. The molecule has 7 atom stereocenters. The number of esters is 1. The van der Waals surface area contributed by atoms with Gasteiger partial charge in [-0.2, -0.15) is 13.2 Å². The molecule has 17 heteroatoms. The van der Waals surface area contributed by atoms with Crippen LogP contribution in [0.5, 0.6) is 0 Å². The van der Waals surface area contributed by atoms with Gasteiger partial charge in [0.05, 0.1) is 24.1 Å². The van der Waals surface area contributed by atoms with Gasteiger partial charge in [-0.1, -0.05) is 97.9 Å². The Kier molecular flexibility index (Phi) is 19.3. The molecule has 1 aromatic carbocycles. The number of benzene rings is 1. The zero-order chi connectivity index (χ0) is 49.4. The number of ether oxygens (including phenoxy) is 1. The van der Waals surface area contributed by atoms with Gasteiger partial charge in [0.2, 0.25) is 17.7 Å². The third kappa shape index (κ3) is 14.3. The maximum Gasteiger partial charge on any atom is 0.471 e. The SMILES string of the molecule is CCOC(=O)/C(C)=C/C([C@H](C)CCC(C)(C)C(NC(=O)C1N(C)C(c2ccccc2)SC1(C)C)C(=O)N(C)[C@H](/C=C(\C)C(=O)O)C(C)C)N(C)C(=O)C(NC(=O)C(F)(F)F)C(C)(C)C. The number of carbonyl (C=O) groups excluding carboxylic acids is 5. The minimum Gasteiger partial charge on any atom is -0.478 e. The van der Waals surface area contributed by atoms with Crippen molar-refractivity contribution >= 4 is 47.3 Å². The molecular weight excluding hydrogens is 852 g/mol. The summed E-state index contributed by atoms with van der Waals surface area (Å²) >= 11 is 1.63. The van der Waals surface area contributed by atoms with Crippen molar-refractivity contribution in [1.82, 2.24) is 25.3 Å². The monoisotopic (exact) mass is 924 g/mol. The Morgan fingerprint density at radius 2 is 1.39 bits per heavy atom. The molecule has 0 spiro atoms. The summed E-state index contributed by atoms with van der Waals surface area (Å²) < 4.78 is 45.0. The maximum absolute atomic E-state index is 14.9. The quantitative estimate of drug-likeness (QED) is 0.0942. The van der Waals surface area contributed by atoms with Crippen LogP contribution in [0.3, 0.4) is 0 Å². The summed E-state index contributed by atoms with van der Waals surface area (Å²) in [6, 6.07) is 4.78. The lowest BCUT2D eigenvalue weighted by Gasteiger charge is -2.42. The second kappa shape index (κ2) is 22.2. The molecule has 5 unspecified atom stereocenters. The van der Waals surface area contributed by atoms with Gasteiger partial charge in [0, 0.05) is 30.0 Å². The summed E-state index contributed by atoms with van der Waals surface area (Å²) in [6.45, 7) is 22.4. The fourth-order valence-corrected chi connectivity index (χ4v) is 9.64. The Hall–Kier alpha value is -4.38. The van der Waals surface area contributed by atoms with Gasteiger partial charge in [0.1, 0.15) is 18.1 Å². The van der Waals surface area contributed by atoms with Gasteiger partial charge in [-0.05, 0) is 82.7 Å². The van der Waals surface area contributed by atoms with Crippen molar-refractivity contribution in [2.75, 3.05) is 27.7 Å². The lowest BCUT2D eigenvalue weighted by molar-refractivity contribution is -0.176. The van der Waals surface area contributed by atoms with Crippen LogP contribution in [0.15, 0.2) is 53.6 Å². The van der Waals surface area contributed by atoms with Crippen molar-refractivity contribution in [1.29, 1.82) is 0 Å². The molecule has 0 bridgehead atoms. The fraction of sp³-hybridized carbons (Fsp3) is 0.660. The van der Waals surface area contributed by atoms with Crippen LogP contribution in [0.1, 0.15) is 114 Å². The summed E-state index contributed by atoms with van der Waals surface area (Å²) in [4.78, 5) is 85.4. The van der Waals surface area contributed by atoms with E-state index in [0.29, 0.717) is 0 Å². The number of nitrogens with one attached hydrogen (secondary N) is 2. The van der Waals surface area contributed by atoms with Crippen molar-refractivity contribution in [2.24, 2.45) is 22.7 Å². The average Bonchev–Trinajstić information content (AvgIpc) is 3.44. The van der Waals surface area contributed by atoms with Gasteiger partial charge in [-0.15, -0.1) is 11.8 Å². The van der Waals surface area contributed by atoms with Crippen molar-refractivity contribution in [3.63, 3.8) is 0 Å². The molecule has 0 radical (unpaired) electrons. The number of likely N-dealkylation sites (N-methyl/N-ethyl adjacent to an activating group) is 3. The molecule has 0 aliphatic carbocycles. The second-order valence-electron chi connectivity index (χ2n) is 19.6. The highest BCUT2D eigenvalue weighted by Gasteiger charge is 2.52. The third-order valence-corrected chi connectivity index (χ3v) is 13.7. The second-order valence-corrected chi connectivity index (χ2v) is 21.4. The molecule has 1 saturated heterocycles. The largest absolute Gasteiger partial charge is 0.478 e. The predicted molar refractivity (Wildman–Crippen MR) is 244 cm³/mol. The van der Waals surface area contributed by atoms with Crippen molar-refractivity contribution in [3.05, 3.63) is 59.2 Å². The number of amides is 4. The third-order valence-electron chi connectivity index (χ3n) is 12.0. The molecule has 360 valence electrons. The van der Waals surface area contributed by atoms with Gasteiger partial charge in [-0.3, -0.25) is 24.1 Å². The van der Waals surface area contributed by atoms with E-state index in [1.54, 1.807) is 32.7 Å². The minimum absolute atomic E-state index is 0.0490. The van der Waals surface area contributed by atoms with Crippen LogP contribution in [0.2, 0.25) is 0 Å². The standard InChI is InChI=1S/C47H72F3N5O8S/c1-17-63-42(61)30(6)26-33(54(15)38(57)34(44(7,8)9)52-43(62)47(48,49)50)28(4)23-24-45(10,11)35(39(58)53(14)32(27(2)3)25-29(5)41(59)60)51-37(56)36-46(12,13)64-40(55(36)16)31-21-19-18-20-22-31/h18-22,25-28,32-36,40H,17,23-24H2,1-16H3,(H,51,56)(H,52,62)(H,59,60)/b29-25+,30-26+/t28-,32-,33?,34?,35?,36?,40?/m1/s1. The van der Waals surface area contributed by atoms with Crippen molar-refractivity contribution in [2.45, 2.75) is 149 Å². The van der Waals surface area contributed by atoms with E-state index in [2.05, 4.69) is 5.32 Å². The van der Waals surface area contributed by atoms with Crippen LogP contribution in [0.25, 0.3) is 0 Å². The normalized spacial score (nSPS) is 19.8. The highest BCUT2D eigenvalue weighted by Crippen LogP contribution is 2.51. The first-order chi connectivity index (χ1) is 29.2. The zero-order valence-electron chi connectivity index (χ0n) is 40.5. The van der Waals surface area contributed by atoms with E-state index in [1.165, 1.54) is 63.6 Å². The number of alkyl halides is 3. The Bertz CT molecular complexity index is 1900. The predicted octanol–water partition coefficient (Wildman–Crippen LogP) is 7.38. The van der Waals surface area contributed by atoms with Gasteiger partial charge >= 0.3 is 24.0 Å². The summed E-state index contributed by atoms with van der Waals surface area (Å²) in [7, 11) is 4.84. The molecule has 0 aromatic heterocycles. The summed E-state index contributed by atoms with van der Waals surface area (Å²) in [5.41, 5.74) is -0.967. The Balaban J connectivity index is 2.69. The van der Waals surface area contributed by atoms with E-state index < -0.39 is 87.5 Å². The first-order valence-corrected chi connectivity index (χ1v) is 22.5. The van der Waals surface area contributed by atoms with E-state index in [4.69, 9.17) is 4.74 Å². The number of hydrogen-bond donors (Lipinski definition) is 3. The molecule has 0 saturated carbocycles. The molecule has 1 fully saturated rings. The molecule has 13 nitrogen and oxygen atoms in total. The zero-order valence-corrected chi connectivity index (χ0v) is 41.3. The smallest absolute Gasteiger partial charge is 0.471 e. The van der Waals surface area contributed by atoms with Gasteiger partial charge in [0.25, 0.3) is 0 Å². The molecule has 1 aromatic rings. The van der Waals surface area contributed by atoms with Gasteiger partial charge < -0.3 is 30.3 Å². The van der Waals surface area contributed by atoms with E-state index in [0.717, 1.165) is 5.56 Å². The number of carboxylic acid groups (broad SMARTS) is 1. The van der Waals surface area contributed by atoms with Crippen molar-refractivity contribution in [3.8, 4) is 0 Å². The van der Waals surface area contributed by atoms with Crippen LogP contribution in [-0.2, 0) is 33.5 Å². The molecule has 1 aliphatic rings. The molecule has 1 heterocycles. The first kappa shape index (κ1) is 55.8. The lowest BCUT2D eigenvalue weighted by atomic mass is 9.76. The topological polar surface area (TPSA) is 166 Å². The van der Waals surface area contributed by atoms with Gasteiger partial charge in [0.15, 0.2) is 0 Å². The van der Waals surface area contributed by atoms with E-state index in [1.807, 2.05) is 89.1 Å². The lowest BCUT2D eigenvalue weighted by Crippen LogP contribution is -2.61. The number of aliphatic carboxylic acids is 1. The number of thioether (sulfide) groups is 1. The summed E-state index contributed by atoms with van der Waals surface area (Å²) in [6.07, 6.45) is -1.69. The van der Waals surface area contributed by atoms with E-state index >= 15 is 0 Å². The molecule has 4 amide bonds. The number of nitrogens with zero attached hydrogens (tertiary/aromatic N) is 3.